The highest BCUT2D eigenvalue weighted by atomic mass is 16.5. The molecule has 0 aromatic carbocycles. The molecule has 0 amide bonds. The number of fused-ring (bicyclic) bond motifs is 3. The zero-order chi connectivity index (χ0) is 17.0. The van der Waals surface area contributed by atoms with Gasteiger partial charge in [-0.05, 0) is 31.1 Å². The zero-order valence-electron chi connectivity index (χ0n) is 13.4. The second-order valence-corrected chi connectivity index (χ2v) is 6.19. The fraction of sp³-hybridized carbons (Fsp3) is 0.562. The molecule has 1 aromatic heterocycles. The van der Waals surface area contributed by atoms with Gasteiger partial charge in [-0.1, -0.05) is 19.0 Å². The number of carbonyl (C=O) groups is 2. The minimum Gasteiger partial charge on any atom is -0.473 e. The maximum Gasteiger partial charge on any atom is 0.414 e. The van der Waals surface area contributed by atoms with Crippen molar-refractivity contribution < 1.29 is 24.3 Å². The van der Waals surface area contributed by atoms with E-state index in [1.807, 2.05) is 0 Å². The van der Waals surface area contributed by atoms with E-state index in [-0.39, 0.29) is 0 Å². The van der Waals surface area contributed by atoms with E-state index in [9.17, 15) is 0 Å². The van der Waals surface area contributed by atoms with Crippen molar-refractivity contribution in [3.05, 3.63) is 23.2 Å². The van der Waals surface area contributed by atoms with Crippen LogP contribution in [0.15, 0.2) is 16.3 Å². The van der Waals surface area contributed by atoms with Gasteiger partial charge >= 0.3 is 11.9 Å². The van der Waals surface area contributed by atoms with Crippen molar-refractivity contribution in [3.8, 4) is 0 Å². The summed E-state index contributed by atoms with van der Waals surface area (Å²) in [6.45, 7) is 6.73. The van der Waals surface area contributed by atoms with Gasteiger partial charge in [0.15, 0.2) is 5.76 Å². The van der Waals surface area contributed by atoms with Gasteiger partial charge in [0.25, 0.3) is 0 Å². The molecule has 0 saturated carbocycles. The molecule has 7 nitrogen and oxygen atoms in total. The Kier molecular flexibility index (Phi) is 5.41. The summed E-state index contributed by atoms with van der Waals surface area (Å²) in [5.74, 6) is -1.39. The normalized spacial score (nSPS) is 18.9. The lowest BCUT2D eigenvalue weighted by atomic mass is 9.86. The highest BCUT2D eigenvalue weighted by Crippen LogP contribution is 2.35. The average molecular weight is 322 g/mol. The standard InChI is InChI=1S/C14H20N2O.C2H2O4/c1-10(2)14-9-13(17-15-14)8-12-7-11-3-5-16(12)6-4-11;3-1(4)2(5)6/h8-11H,3-7H2,1-2H3;(H,3,4)(H,5,6)/b12-8-;. The van der Waals surface area contributed by atoms with E-state index >= 15 is 0 Å². The van der Waals surface area contributed by atoms with Crippen LogP contribution in [0.3, 0.4) is 0 Å². The van der Waals surface area contributed by atoms with E-state index in [2.05, 4.69) is 36.0 Å². The first-order chi connectivity index (χ1) is 10.9. The molecule has 3 saturated heterocycles. The number of aliphatic carboxylic acids is 2. The molecule has 126 valence electrons. The van der Waals surface area contributed by atoms with Gasteiger partial charge < -0.3 is 19.6 Å². The molecule has 7 heteroatoms. The Hall–Kier alpha value is -2.31. The number of carboxylic acid groups (broad SMARTS) is 2. The molecule has 1 aromatic rings. The molecule has 0 atom stereocenters. The summed E-state index contributed by atoms with van der Waals surface area (Å²) in [6.07, 6.45) is 6.14. The van der Waals surface area contributed by atoms with Crippen molar-refractivity contribution in [2.75, 3.05) is 13.1 Å². The third-order valence-corrected chi connectivity index (χ3v) is 4.15. The number of hydrogen-bond acceptors (Lipinski definition) is 5. The van der Waals surface area contributed by atoms with E-state index in [1.54, 1.807) is 0 Å². The van der Waals surface area contributed by atoms with Crippen LogP contribution in [0.1, 0.15) is 50.5 Å². The Morgan fingerprint density at radius 1 is 1.30 bits per heavy atom. The van der Waals surface area contributed by atoms with Crippen LogP contribution in [-0.4, -0.2) is 45.3 Å². The molecule has 0 radical (unpaired) electrons. The summed E-state index contributed by atoms with van der Waals surface area (Å²) in [4.78, 5) is 20.7. The van der Waals surface area contributed by atoms with Gasteiger partial charge in [-0.25, -0.2) is 9.59 Å². The third-order valence-electron chi connectivity index (χ3n) is 4.15. The Labute approximate surface area is 134 Å². The molecule has 4 rings (SSSR count). The molecule has 4 heterocycles. The monoisotopic (exact) mass is 322 g/mol. The van der Waals surface area contributed by atoms with Crippen molar-refractivity contribution in [2.24, 2.45) is 5.92 Å². The summed E-state index contributed by atoms with van der Waals surface area (Å²) in [7, 11) is 0. The van der Waals surface area contributed by atoms with E-state index < -0.39 is 11.9 Å². The van der Waals surface area contributed by atoms with Gasteiger partial charge in [0.2, 0.25) is 0 Å². The van der Waals surface area contributed by atoms with Crippen molar-refractivity contribution in [2.45, 2.75) is 39.0 Å². The van der Waals surface area contributed by atoms with Crippen LogP contribution in [0.2, 0.25) is 0 Å². The summed E-state index contributed by atoms with van der Waals surface area (Å²) in [6, 6.07) is 2.07. The number of nitrogens with zero attached hydrogens (tertiary/aromatic N) is 2. The average Bonchev–Trinajstić information content (AvgIpc) is 2.98. The lowest BCUT2D eigenvalue weighted by Gasteiger charge is -2.42. The second-order valence-electron chi connectivity index (χ2n) is 6.19. The topological polar surface area (TPSA) is 104 Å². The SMILES string of the molecule is CC(C)c1cc(/C=C2/CC3CCN2CC3)on1.O=C(O)C(=O)O. The molecule has 3 aliphatic heterocycles. The predicted molar refractivity (Wildman–Crippen MR) is 82.8 cm³/mol. The van der Waals surface area contributed by atoms with Gasteiger partial charge in [-0.3, -0.25) is 0 Å². The van der Waals surface area contributed by atoms with Crippen molar-refractivity contribution in [1.82, 2.24) is 10.1 Å². The maximum atomic E-state index is 9.10. The van der Waals surface area contributed by atoms with Crippen molar-refractivity contribution in [1.29, 1.82) is 0 Å². The largest absolute Gasteiger partial charge is 0.473 e. The van der Waals surface area contributed by atoms with E-state index in [4.69, 9.17) is 24.3 Å². The summed E-state index contributed by atoms with van der Waals surface area (Å²) >= 11 is 0. The Morgan fingerprint density at radius 3 is 2.30 bits per heavy atom. The number of carboxylic acids is 2. The van der Waals surface area contributed by atoms with Crippen LogP contribution in [0, 0.1) is 5.92 Å². The molecule has 0 aliphatic carbocycles. The molecular weight excluding hydrogens is 300 g/mol. The van der Waals surface area contributed by atoms with Gasteiger partial charge in [0.1, 0.15) is 0 Å². The minimum atomic E-state index is -1.82. The van der Waals surface area contributed by atoms with Crippen molar-refractivity contribution in [3.63, 3.8) is 0 Å². The van der Waals surface area contributed by atoms with Gasteiger partial charge in [-0.15, -0.1) is 0 Å². The number of aromatic nitrogens is 1. The van der Waals surface area contributed by atoms with Gasteiger partial charge in [-0.2, -0.15) is 0 Å². The minimum absolute atomic E-state index is 0.439. The quantitative estimate of drug-likeness (QED) is 0.806. The lowest BCUT2D eigenvalue weighted by molar-refractivity contribution is -0.159. The molecule has 3 fully saturated rings. The van der Waals surface area contributed by atoms with Crippen LogP contribution in [0.5, 0.6) is 0 Å². The Balaban J connectivity index is 0.000000277. The number of hydrogen-bond donors (Lipinski definition) is 2. The van der Waals surface area contributed by atoms with Crippen molar-refractivity contribution >= 4 is 18.0 Å². The Bertz CT molecular complexity index is 585. The van der Waals surface area contributed by atoms with Crippen LogP contribution < -0.4 is 0 Å². The first-order valence-corrected chi connectivity index (χ1v) is 7.75. The summed E-state index contributed by atoms with van der Waals surface area (Å²) < 4.78 is 5.38. The maximum absolute atomic E-state index is 9.10. The second kappa shape index (κ2) is 7.30. The number of piperidine rings is 3. The van der Waals surface area contributed by atoms with Crippen LogP contribution in [0.4, 0.5) is 0 Å². The summed E-state index contributed by atoms with van der Waals surface area (Å²) in [5.41, 5.74) is 2.49. The van der Waals surface area contributed by atoms with Crippen LogP contribution in [0.25, 0.3) is 6.08 Å². The van der Waals surface area contributed by atoms with Gasteiger partial charge in [0.05, 0.1) is 5.69 Å². The smallest absolute Gasteiger partial charge is 0.414 e. The number of allylic oxidation sites excluding steroid dienone is 1. The Morgan fingerprint density at radius 2 is 1.91 bits per heavy atom. The molecule has 0 spiro atoms. The molecule has 0 unspecified atom stereocenters. The third kappa shape index (κ3) is 4.58. The molecule has 2 N–H and O–H groups in total. The molecular formula is C16H22N2O5. The highest BCUT2D eigenvalue weighted by molar-refractivity contribution is 6.27. The fourth-order valence-corrected chi connectivity index (χ4v) is 2.81. The van der Waals surface area contributed by atoms with Crippen LogP contribution in [-0.2, 0) is 9.59 Å². The van der Waals surface area contributed by atoms with Gasteiger partial charge in [0, 0.05) is 30.9 Å². The highest BCUT2D eigenvalue weighted by Gasteiger charge is 2.28. The number of rotatable bonds is 2. The molecule has 2 bridgehead atoms. The predicted octanol–water partition coefficient (Wildman–Crippen LogP) is 2.41. The van der Waals surface area contributed by atoms with E-state index in [0.717, 1.165) is 17.4 Å². The molecule has 3 aliphatic rings. The van der Waals surface area contributed by atoms with E-state index in [1.165, 1.54) is 38.0 Å². The molecule has 23 heavy (non-hydrogen) atoms. The zero-order valence-corrected chi connectivity index (χ0v) is 13.4. The van der Waals surface area contributed by atoms with E-state index in [0.29, 0.717) is 5.92 Å². The summed E-state index contributed by atoms with van der Waals surface area (Å²) in [5, 5.41) is 18.9. The fourth-order valence-electron chi connectivity index (χ4n) is 2.81. The first-order valence-electron chi connectivity index (χ1n) is 7.75. The van der Waals surface area contributed by atoms with Crippen LogP contribution >= 0.6 is 0 Å². The lowest BCUT2D eigenvalue weighted by Crippen LogP contribution is -2.39. The first kappa shape index (κ1) is 17.1.